The maximum absolute atomic E-state index is 13.2. The van der Waals surface area contributed by atoms with Gasteiger partial charge >= 0.3 is 0 Å². The van der Waals surface area contributed by atoms with Crippen molar-refractivity contribution in [2.75, 3.05) is 11.4 Å². The number of benzene rings is 1. The number of nitrogens with two attached hydrogens (primary N) is 1. The van der Waals surface area contributed by atoms with Gasteiger partial charge in [-0.05, 0) is 49.8 Å². The number of nitrogens with zero attached hydrogens (tertiary/aromatic N) is 2. The van der Waals surface area contributed by atoms with Crippen LogP contribution in [0.15, 0.2) is 23.1 Å². The zero-order valence-electron chi connectivity index (χ0n) is 13.8. The van der Waals surface area contributed by atoms with Gasteiger partial charge in [-0.3, -0.25) is 4.79 Å². The molecule has 2 N–H and O–H groups in total. The molecule has 3 aliphatic heterocycles. The number of sulfonamides is 1. The zero-order chi connectivity index (χ0) is 17.1. The first-order valence-corrected chi connectivity index (χ1v) is 10.0. The van der Waals surface area contributed by atoms with Gasteiger partial charge in [0.05, 0.1) is 4.90 Å². The fraction of sp³-hybridized carbons (Fsp3) is 0.588. The van der Waals surface area contributed by atoms with Gasteiger partial charge in [0, 0.05) is 37.3 Å². The van der Waals surface area contributed by atoms with E-state index in [1.807, 2.05) is 6.07 Å². The molecule has 1 unspecified atom stereocenters. The Balaban J connectivity index is 1.71. The molecule has 3 atom stereocenters. The van der Waals surface area contributed by atoms with E-state index in [1.54, 1.807) is 21.3 Å². The van der Waals surface area contributed by atoms with Crippen molar-refractivity contribution in [2.24, 2.45) is 5.73 Å². The summed E-state index contributed by atoms with van der Waals surface area (Å²) in [5, 5.41) is 0. The van der Waals surface area contributed by atoms with Gasteiger partial charge in [0.15, 0.2) is 0 Å². The van der Waals surface area contributed by atoms with Crippen LogP contribution in [0.1, 0.15) is 38.2 Å². The van der Waals surface area contributed by atoms with E-state index in [2.05, 4.69) is 0 Å². The summed E-state index contributed by atoms with van der Waals surface area (Å²) < 4.78 is 28.1. The smallest absolute Gasteiger partial charge is 0.243 e. The van der Waals surface area contributed by atoms with E-state index in [9.17, 15) is 13.2 Å². The average molecular weight is 349 g/mol. The minimum atomic E-state index is -3.55. The first-order valence-electron chi connectivity index (χ1n) is 8.58. The molecule has 0 saturated carbocycles. The fourth-order valence-electron chi connectivity index (χ4n) is 4.54. The number of hydrogen-bond donors (Lipinski definition) is 1. The lowest BCUT2D eigenvalue weighted by Crippen LogP contribution is -2.49. The van der Waals surface area contributed by atoms with E-state index in [1.165, 1.54) is 6.92 Å². The Morgan fingerprint density at radius 2 is 1.88 bits per heavy atom. The maximum atomic E-state index is 13.2. The minimum absolute atomic E-state index is 0.0147. The second-order valence-electron chi connectivity index (χ2n) is 7.16. The fourth-order valence-corrected chi connectivity index (χ4v) is 6.45. The molecule has 24 heavy (non-hydrogen) atoms. The van der Waals surface area contributed by atoms with Crippen molar-refractivity contribution < 1.29 is 13.2 Å². The number of hydrogen-bond acceptors (Lipinski definition) is 4. The molecule has 2 fully saturated rings. The summed E-state index contributed by atoms with van der Waals surface area (Å²) in [5.74, 6) is -0.0488. The van der Waals surface area contributed by atoms with Crippen LogP contribution < -0.4 is 10.6 Å². The van der Waals surface area contributed by atoms with Crippen LogP contribution in [-0.2, 0) is 21.2 Å². The molecule has 1 aromatic carbocycles. The molecule has 2 bridgehead atoms. The summed E-state index contributed by atoms with van der Waals surface area (Å²) in [5.41, 5.74) is 7.83. The Bertz CT molecular complexity index is 778. The van der Waals surface area contributed by atoms with Gasteiger partial charge < -0.3 is 10.6 Å². The number of piperidine rings is 1. The van der Waals surface area contributed by atoms with Crippen LogP contribution in [0.4, 0.5) is 5.69 Å². The van der Waals surface area contributed by atoms with Gasteiger partial charge in [-0.15, -0.1) is 0 Å². The normalized spacial score (nSPS) is 29.8. The molecule has 3 heterocycles. The highest BCUT2D eigenvalue weighted by molar-refractivity contribution is 7.89. The third-order valence-corrected chi connectivity index (χ3v) is 7.61. The van der Waals surface area contributed by atoms with Gasteiger partial charge in [0.2, 0.25) is 15.9 Å². The average Bonchev–Trinajstić information content (AvgIpc) is 3.06. The molecule has 4 rings (SSSR count). The molecule has 0 aromatic heterocycles. The highest BCUT2D eigenvalue weighted by Crippen LogP contribution is 2.40. The summed E-state index contributed by atoms with van der Waals surface area (Å²) in [6.45, 7) is 2.14. The molecule has 1 aromatic rings. The largest absolute Gasteiger partial charge is 0.328 e. The zero-order valence-corrected chi connectivity index (χ0v) is 14.6. The van der Waals surface area contributed by atoms with Gasteiger partial charge in [-0.25, -0.2) is 8.42 Å². The molecule has 3 aliphatic rings. The lowest BCUT2D eigenvalue weighted by molar-refractivity contribution is -0.116. The lowest BCUT2D eigenvalue weighted by atomic mass is 10.0. The topological polar surface area (TPSA) is 83.7 Å². The van der Waals surface area contributed by atoms with Gasteiger partial charge in [0.25, 0.3) is 0 Å². The number of amides is 1. The summed E-state index contributed by atoms with van der Waals surface area (Å²) in [6.07, 6.45) is 4.03. The van der Waals surface area contributed by atoms with Crippen LogP contribution in [0.25, 0.3) is 0 Å². The molecule has 130 valence electrons. The van der Waals surface area contributed by atoms with E-state index in [-0.39, 0.29) is 24.0 Å². The second kappa shape index (κ2) is 5.54. The highest BCUT2D eigenvalue weighted by atomic mass is 32.2. The number of rotatable bonds is 2. The first-order chi connectivity index (χ1) is 11.4. The van der Waals surface area contributed by atoms with Crippen LogP contribution in [-0.4, -0.2) is 43.3 Å². The van der Waals surface area contributed by atoms with Crippen LogP contribution in [0.5, 0.6) is 0 Å². The third-order valence-electron chi connectivity index (χ3n) is 5.61. The summed E-state index contributed by atoms with van der Waals surface area (Å²) in [7, 11) is -3.55. The quantitative estimate of drug-likeness (QED) is 0.871. The van der Waals surface area contributed by atoms with Crippen molar-refractivity contribution in [2.45, 2.75) is 62.0 Å². The molecule has 0 aliphatic carbocycles. The SMILES string of the molecule is CC(=O)N1CCc2ccc(S(=O)(=O)N3[C@@H]4CC[C@H]3CC(N)C4)cc21. The van der Waals surface area contributed by atoms with E-state index < -0.39 is 10.0 Å². The lowest BCUT2D eigenvalue weighted by Gasteiger charge is -2.36. The first kappa shape index (κ1) is 16.1. The summed E-state index contributed by atoms with van der Waals surface area (Å²) in [6, 6.07) is 5.34. The molecule has 1 amide bonds. The molecule has 0 spiro atoms. The highest BCUT2D eigenvalue weighted by Gasteiger charge is 2.46. The molecular formula is C17H23N3O3S. The molecule has 7 heteroatoms. The van der Waals surface area contributed by atoms with Crippen molar-refractivity contribution in [1.82, 2.24) is 4.31 Å². The number of anilines is 1. The standard InChI is InChI=1S/C17H23N3O3S/c1-11(21)19-7-6-12-2-5-16(10-17(12)19)24(22,23)20-14-3-4-15(20)9-13(18)8-14/h2,5,10,13-15H,3-4,6-9,18H2,1H3/t13?,14-,15+. The summed E-state index contributed by atoms with van der Waals surface area (Å²) in [4.78, 5) is 13.7. The molecule has 6 nitrogen and oxygen atoms in total. The Morgan fingerprint density at radius 3 is 2.50 bits per heavy atom. The Hall–Kier alpha value is -1.44. The number of fused-ring (bicyclic) bond motifs is 3. The third kappa shape index (κ3) is 2.37. The van der Waals surface area contributed by atoms with E-state index >= 15 is 0 Å². The maximum Gasteiger partial charge on any atom is 0.243 e. The molecule has 2 saturated heterocycles. The van der Waals surface area contributed by atoms with Crippen LogP contribution in [0.2, 0.25) is 0 Å². The second-order valence-corrected chi connectivity index (χ2v) is 9.01. The van der Waals surface area contributed by atoms with Crippen LogP contribution in [0.3, 0.4) is 0 Å². The van der Waals surface area contributed by atoms with Crippen molar-refractivity contribution in [3.63, 3.8) is 0 Å². The van der Waals surface area contributed by atoms with E-state index in [0.29, 0.717) is 11.4 Å². The van der Waals surface area contributed by atoms with Crippen LogP contribution >= 0.6 is 0 Å². The van der Waals surface area contributed by atoms with E-state index in [4.69, 9.17) is 5.73 Å². The van der Waals surface area contributed by atoms with Gasteiger partial charge in [-0.2, -0.15) is 4.31 Å². The van der Waals surface area contributed by atoms with Crippen molar-refractivity contribution in [3.05, 3.63) is 23.8 Å². The van der Waals surface area contributed by atoms with Crippen molar-refractivity contribution in [1.29, 1.82) is 0 Å². The summed E-state index contributed by atoms with van der Waals surface area (Å²) >= 11 is 0. The van der Waals surface area contributed by atoms with Crippen molar-refractivity contribution >= 4 is 21.6 Å². The van der Waals surface area contributed by atoms with Gasteiger partial charge in [-0.1, -0.05) is 6.07 Å². The van der Waals surface area contributed by atoms with Gasteiger partial charge in [0.1, 0.15) is 0 Å². The number of carbonyl (C=O) groups is 1. The number of carbonyl (C=O) groups excluding carboxylic acids is 1. The Morgan fingerprint density at radius 1 is 1.21 bits per heavy atom. The van der Waals surface area contributed by atoms with E-state index in [0.717, 1.165) is 43.4 Å². The predicted molar refractivity (Wildman–Crippen MR) is 91.2 cm³/mol. The Labute approximate surface area is 142 Å². The van der Waals surface area contributed by atoms with Crippen LogP contribution in [0, 0.1) is 0 Å². The Kier molecular flexibility index (Phi) is 3.71. The van der Waals surface area contributed by atoms with Crippen molar-refractivity contribution in [3.8, 4) is 0 Å². The molecule has 0 radical (unpaired) electrons. The minimum Gasteiger partial charge on any atom is -0.328 e. The monoisotopic (exact) mass is 349 g/mol. The molecular weight excluding hydrogens is 326 g/mol. The predicted octanol–water partition coefficient (Wildman–Crippen LogP) is 1.24.